The lowest BCUT2D eigenvalue weighted by Gasteiger charge is -2.07. The maximum Gasteiger partial charge on any atom is 0.319 e. The van der Waals surface area contributed by atoms with Gasteiger partial charge in [-0.15, -0.1) is 0 Å². The highest BCUT2D eigenvalue weighted by atomic mass is 35.5. The molecule has 0 unspecified atom stereocenters. The van der Waals surface area contributed by atoms with Crippen LogP contribution in [-0.4, -0.2) is 11.0 Å². The van der Waals surface area contributed by atoms with Gasteiger partial charge in [0.2, 0.25) is 0 Å². The van der Waals surface area contributed by atoms with Crippen LogP contribution in [0.15, 0.2) is 48.8 Å². The topological polar surface area (TPSA) is 54.0 Å². The van der Waals surface area contributed by atoms with Crippen molar-refractivity contribution < 1.29 is 4.79 Å². The van der Waals surface area contributed by atoms with E-state index in [-0.39, 0.29) is 6.03 Å². The first-order chi connectivity index (χ1) is 8.74. The summed E-state index contributed by atoms with van der Waals surface area (Å²) in [7, 11) is 0. The Kier molecular flexibility index (Phi) is 4.15. The van der Waals surface area contributed by atoms with Crippen LogP contribution in [-0.2, 0) is 6.54 Å². The summed E-state index contributed by atoms with van der Waals surface area (Å²) in [5.74, 6) is 0. The number of amides is 2. The van der Waals surface area contributed by atoms with Crippen LogP contribution >= 0.6 is 11.6 Å². The molecule has 0 saturated carbocycles. The maximum atomic E-state index is 11.6. The van der Waals surface area contributed by atoms with Gasteiger partial charge in [-0.2, -0.15) is 0 Å². The third kappa shape index (κ3) is 3.75. The molecule has 0 aliphatic carbocycles. The first-order valence-corrected chi connectivity index (χ1v) is 5.81. The van der Waals surface area contributed by atoms with Crippen molar-refractivity contribution in [2.24, 2.45) is 0 Å². The lowest BCUT2D eigenvalue weighted by molar-refractivity contribution is 0.251. The molecule has 5 heteroatoms. The Hall–Kier alpha value is -2.07. The van der Waals surface area contributed by atoms with Gasteiger partial charge in [0, 0.05) is 29.6 Å². The average molecular weight is 262 g/mol. The number of halogens is 1. The quantitative estimate of drug-likeness (QED) is 0.892. The molecule has 0 fully saturated rings. The summed E-state index contributed by atoms with van der Waals surface area (Å²) in [5.41, 5.74) is 1.70. The van der Waals surface area contributed by atoms with Crippen LogP contribution in [0.25, 0.3) is 0 Å². The van der Waals surface area contributed by atoms with Crippen molar-refractivity contribution in [1.82, 2.24) is 10.3 Å². The van der Waals surface area contributed by atoms with Gasteiger partial charge in [0.15, 0.2) is 0 Å². The van der Waals surface area contributed by atoms with Crippen LogP contribution in [0.3, 0.4) is 0 Å². The van der Waals surface area contributed by atoms with Crippen LogP contribution in [0, 0.1) is 0 Å². The summed E-state index contributed by atoms with van der Waals surface area (Å²) in [4.78, 5) is 15.5. The third-order valence-electron chi connectivity index (χ3n) is 2.30. The van der Waals surface area contributed by atoms with Gasteiger partial charge in [-0.05, 0) is 29.8 Å². The Bertz CT molecular complexity index is 514. The Labute approximate surface area is 110 Å². The van der Waals surface area contributed by atoms with E-state index in [1.165, 1.54) is 0 Å². The second-order valence-electron chi connectivity index (χ2n) is 3.67. The smallest absolute Gasteiger partial charge is 0.319 e. The molecule has 2 N–H and O–H groups in total. The SMILES string of the molecule is O=C(NCc1ccc(Cl)cc1)Nc1ccncc1. The van der Waals surface area contributed by atoms with Crippen molar-refractivity contribution >= 4 is 23.3 Å². The van der Waals surface area contributed by atoms with E-state index in [1.807, 2.05) is 12.1 Å². The first kappa shape index (κ1) is 12.4. The highest BCUT2D eigenvalue weighted by Crippen LogP contribution is 2.09. The number of benzene rings is 1. The number of aromatic nitrogens is 1. The number of pyridine rings is 1. The molecule has 1 aromatic heterocycles. The fraction of sp³-hybridized carbons (Fsp3) is 0.0769. The largest absolute Gasteiger partial charge is 0.334 e. The molecule has 0 radical (unpaired) electrons. The van der Waals surface area contributed by atoms with E-state index in [0.29, 0.717) is 17.3 Å². The molecular weight excluding hydrogens is 250 g/mol. The summed E-state index contributed by atoms with van der Waals surface area (Å²) in [6, 6.07) is 10.5. The molecule has 0 aliphatic rings. The predicted molar refractivity (Wildman–Crippen MR) is 71.5 cm³/mol. The Balaban J connectivity index is 1.83. The molecule has 1 aromatic carbocycles. The van der Waals surface area contributed by atoms with Gasteiger partial charge < -0.3 is 10.6 Å². The molecule has 0 bridgehead atoms. The minimum absolute atomic E-state index is 0.254. The molecule has 2 rings (SSSR count). The Morgan fingerprint density at radius 2 is 1.78 bits per heavy atom. The molecule has 0 spiro atoms. The molecule has 0 aliphatic heterocycles. The Morgan fingerprint density at radius 1 is 1.11 bits per heavy atom. The lowest BCUT2D eigenvalue weighted by Crippen LogP contribution is -2.28. The van der Waals surface area contributed by atoms with Gasteiger partial charge in [-0.3, -0.25) is 4.98 Å². The van der Waals surface area contributed by atoms with Crippen molar-refractivity contribution in [3.63, 3.8) is 0 Å². The summed E-state index contributed by atoms with van der Waals surface area (Å²) in [6.45, 7) is 0.452. The number of hydrogen-bond acceptors (Lipinski definition) is 2. The van der Waals surface area contributed by atoms with Gasteiger partial charge in [0.25, 0.3) is 0 Å². The summed E-state index contributed by atoms with van der Waals surface area (Å²) >= 11 is 5.78. The number of anilines is 1. The molecule has 4 nitrogen and oxygen atoms in total. The molecule has 92 valence electrons. The number of nitrogens with zero attached hydrogens (tertiary/aromatic N) is 1. The first-order valence-electron chi connectivity index (χ1n) is 5.43. The van der Waals surface area contributed by atoms with Crippen molar-refractivity contribution in [2.75, 3.05) is 5.32 Å². The number of carbonyl (C=O) groups is 1. The van der Waals surface area contributed by atoms with Crippen LogP contribution in [0.5, 0.6) is 0 Å². The van der Waals surface area contributed by atoms with E-state index in [9.17, 15) is 4.79 Å². The van der Waals surface area contributed by atoms with Gasteiger partial charge in [0.05, 0.1) is 0 Å². The standard InChI is InChI=1S/C13H12ClN3O/c14-11-3-1-10(2-4-11)9-16-13(18)17-12-5-7-15-8-6-12/h1-8H,9H2,(H2,15,16,17,18). The normalized spacial score (nSPS) is 9.83. The molecule has 0 saturated heterocycles. The number of nitrogens with one attached hydrogen (secondary N) is 2. The minimum Gasteiger partial charge on any atom is -0.334 e. The average Bonchev–Trinajstić information content (AvgIpc) is 2.39. The lowest BCUT2D eigenvalue weighted by atomic mass is 10.2. The zero-order valence-corrected chi connectivity index (χ0v) is 10.3. The van der Waals surface area contributed by atoms with Gasteiger partial charge in [-0.25, -0.2) is 4.79 Å². The highest BCUT2D eigenvalue weighted by Gasteiger charge is 2.01. The van der Waals surface area contributed by atoms with Gasteiger partial charge in [-0.1, -0.05) is 23.7 Å². The fourth-order valence-corrected chi connectivity index (χ4v) is 1.52. The van der Waals surface area contributed by atoms with Crippen LogP contribution in [0.1, 0.15) is 5.56 Å². The van der Waals surface area contributed by atoms with Gasteiger partial charge >= 0.3 is 6.03 Å². The van der Waals surface area contributed by atoms with Crippen molar-refractivity contribution in [3.05, 3.63) is 59.4 Å². The monoisotopic (exact) mass is 261 g/mol. The van der Waals surface area contributed by atoms with Crippen LogP contribution in [0.4, 0.5) is 10.5 Å². The second-order valence-corrected chi connectivity index (χ2v) is 4.11. The third-order valence-corrected chi connectivity index (χ3v) is 2.56. The van der Waals surface area contributed by atoms with E-state index >= 15 is 0 Å². The summed E-state index contributed by atoms with van der Waals surface area (Å²) in [5, 5.41) is 6.14. The number of urea groups is 1. The minimum atomic E-state index is -0.254. The summed E-state index contributed by atoms with van der Waals surface area (Å²) < 4.78 is 0. The van der Waals surface area contributed by atoms with E-state index in [0.717, 1.165) is 5.56 Å². The molecule has 2 amide bonds. The van der Waals surface area contributed by atoms with Crippen molar-refractivity contribution in [3.8, 4) is 0 Å². The number of rotatable bonds is 3. The highest BCUT2D eigenvalue weighted by molar-refractivity contribution is 6.30. The molecule has 18 heavy (non-hydrogen) atoms. The predicted octanol–water partition coefficient (Wildman–Crippen LogP) is 3.06. The van der Waals surface area contributed by atoms with Crippen LogP contribution in [0.2, 0.25) is 5.02 Å². The zero-order chi connectivity index (χ0) is 12.8. The zero-order valence-electron chi connectivity index (χ0n) is 9.56. The van der Waals surface area contributed by atoms with Crippen LogP contribution < -0.4 is 10.6 Å². The molecular formula is C13H12ClN3O. The maximum absolute atomic E-state index is 11.6. The molecule has 0 atom stereocenters. The van der Waals surface area contributed by atoms with Crippen molar-refractivity contribution in [1.29, 1.82) is 0 Å². The van der Waals surface area contributed by atoms with Gasteiger partial charge in [0.1, 0.15) is 0 Å². The van der Waals surface area contributed by atoms with Crippen molar-refractivity contribution in [2.45, 2.75) is 6.54 Å². The summed E-state index contributed by atoms with van der Waals surface area (Å²) in [6.07, 6.45) is 3.24. The van der Waals surface area contributed by atoms with E-state index in [2.05, 4.69) is 15.6 Å². The van der Waals surface area contributed by atoms with E-state index in [1.54, 1.807) is 36.7 Å². The van der Waals surface area contributed by atoms with E-state index < -0.39 is 0 Å². The second kappa shape index (κ2) is 6.02. The molecule has 1 heterocycles. The number of hydrogen-bond donors (Lipinski definition) is 2. The Morgan fingerprint density at radius 3 is 2.44 bits per heavy atom. The molecule has 2 aromatic rings. The fourth-order valence-electron chi connectivity index (χ4n) is 1.40. The van der Waals surface area contributed by atoms with E-state index in [4.69, 9.17) is 11.6 Å². The number of carbonyl (C=O) groups excluding carboxylic acids is 1.